The molecule has 0 aliphatic heterocycles. The van der Waals surface area contributed by atoms with Gasteiger partial charge in [-0.05, 0) is 18.2 Å². The van der Waals surface area contributed by atoms with E-state index < -0.39 is 0 Å². The van der Waals surface area contributed by atoms with Gasteiger partial charge in [0.15, 0.2) is 11.6 Å². The summed E-state index contributed by atoms with van der Waals surface area (Å²) >= 11 is 0. The minimum Gasteiger partial charge on any atom is -0.222 e. The van der Waals surface area contributed by atoms with E-state index in [1.54, 1.807) is 38.8 Å². The predicted molar refractivity (Wildman–Crippen MR) is 73.4 cm³/mol. The van der Waals surface area contributed by atoms with Crippen molar-refractivity contribution in [1.82, 2.24) is 39.3 Å². The fourth-order valence-electron chi connectivity index (χ4n) is 1.94. The molecule has 8 nitrogen and oxygen atoms in total. The molecule has 0 amide bonds. The Kier molecular flexibility index (Phi) is 2.57. The van der Waals surface area contributed by atoms with Gasteiger partial charge in [-0.3, -0.25) is 0 Å². The zero-order valence-electron chi connectivity index (χ0n) is 10.9. The van der Waals surface area contributed by atoms with E-state index in [-0.39, 0.29) is 0 Å². The molecular formula is C13H10N8. The number of rotatable bonds is 3. The van der Waals surface area contributed by atoms with E-state index in [1.807, 2.05) is 36.7 Å². The third-order valence-electron chi connectivity index (χ3n) is 2.87. The van der Waals surface area contributed by atoms with E-state index in [0.29, 0.717) is 17.6 Å². The van der Waals surface area contributed by atoms with Gasteiger partial charge in [-0.25, -0.2) is 14.0 Å². The number of aromatic nitrogens is 8. The minimum atomic E-state index is 0.457. The van der Waals surface area contributed by atoms with Crippen molar-refractivity contribution in [3.63, 3.8) is 0 Å². The van der Waals surface area contributed by atoms with E-state index in [1.165, 1.54) is 0 Å². The maximum Gasteiger partial charge on any atom is 0.254 e. The van der Waals surface area contributed by atoms with E-state index in [0.717, 1.165) is 0 Å². The summed E-state index contributed by atoms with van der Waals surface area (Å²) in [4.78, 5) is 8.95. The minimum absolute atomic E-state index is 0.457. The van der Waals surface area contributed by atoms with Crippen molar-refractivity contribution in [3.05, 3.63) is 61.4 Å². The van der Waals surface area contributed by atoms with E-state index >= 15 is 0 Å². The zero-order chi connectivity index (χ0) is 14.1. The molecule has 102 valence electrons. The Morgan fingerprint density at radius 2 is 1.10 bits per heavy atom. The van der Waals surface area contributed by atoms with Crippen LogP contribution in [-0.2, 0) is 0 Å². The average molecular weight is 278 g/mol. The summed E-state index contributed by atoms with van der Waals surface area (Å²) in [6.45, 7) is 0. The number of hydrogen-bond donors (Lipinski definition) is 0. The predicted octanol–water partition coefficient (Wildman–Crippen LogP) is 1.03. The normalized spacial score (nSPS) is 10.9. The molecule has 0 radical (unpaired) electrons. The fourth-order valence-corrected chi connectivity index (χ4v) is 1.94. The van der Waals surface area contributed by atoms with Gasteiger partial charge in [-0.1, -0.05) is 0 Å². The molecule has 4 heterocycles. The Balaban J connectivity index is 1.92. The van der Waals surface area contributed by atoms with Crippen LogP contribution in [0.3, 0.4) is 0 Å². The van der Waals surface area contributed by atoms with Crippen LogP contribution in [0.4, 0.5) is 0 Å². The van der Waals surface area contributed by atoms with Crippen LogP contribution in [0.25, 0.3) is 17.6 Å². The van der Waals surface area contributed by atoms with Crippen LogP contribution in [0.5, 0.6) is 0 Å². The molecule has 0 aliphatic carbocycles. The van der Waals surface area contributed by atoms with Gasteiger partial charge in [0.1, 0.15) is 0 Å². The van der Waals surface area contributed by atoms with Gasteiger partial charge in [-0.15, -0.1) is 0 Å². The smallest absolute Gasteiger partial charge is 0.222 e. The fraction of sp³-hybridized carbons (Fsp3) is 0. The van der Waals surface area contributed by atoms with E-state index in [2.05, 4.69) is 25.3 Å². The van der Waals surface area contributed by atoms with Crippen molar-refractivity contribution in [3.8, 4) is 17.6 Å². The average Bonchev–Trinajstić information content (AvgIpc) is 3.29. The van der Waals surface area contributed by atoms with Crippen LogP contribution in [0.15, 0.2) is 61.4 Å². The maximum absolute atomic E-state index is 4.48. The first kappa shape index (κ1) is 11.5. The molecule has 0 unspecified atom stereocenters. The molecule has 4 aromatic rings. The van der Waals surface area contributed by atoms with Gasteiger partial charge in [0, 0.05) is 43.2 Å². The Labute approximate surface area is 119 Å². The Morgan fingerprint density at radius 3 is 1.52 bits per heavy atom. The van der Waals surface area contributed by atoms with Crippen molar-refractivity contribution in [2.75, 3.05) is 0 Å². The van der Waals surface area contributed by atoms with Crippen LogP contribution < -0.4 is 0 Å². The van der Waals surface area contributed by atoms with Crippen molar-refractivity contribution >= 4 is 0 Å². The highest BCUT2D eigenvalue weighted by Gasteiger charge is 2.10. The largest absolute Gasteiger partial charge is 0.254 e. The van der Waals surface area contributed by atoms with Crippen molar-refractivity contribution in [2.45, 2.75) is 0 Å². The molecule has 0 saturated heterocycles. The van der Waals surface area contributed by atoms with Crippen LogP contribution in [0, 0.1) is 0 Å². The van der Waals surface area contributed by atoms with E-state index in [9.17, 15) is 0 Å². The summed E-state index contributed by atoms with van der Waals surface area (Å²) in [6, 6.07) is 7.30. The standard InChI is InChI=1S/C13H10N8/c1-4-14-19(7-1)11-10-12(20-8-2-5-15-20)18-13(17-11)21-9-3-6-16-21/h1-10H. The zero-order valence-corrected chi connectivity index (χ0v) is 10.9. The summed E-state index contributed by atoms with van der Waals surface area (Å²) in [5.74, 6) is 1.75. The number of nitrogens with zero attached hydrogens (tertiary/aromatic N) is 8. The molecule has 0 atom stereocenters. The Bertz CT molecular complexity index is 703. The summed E-state index contributed by atoms with van der Waals surface area (Å²) < 4.78 is 4.93. The van der Waals surface area contributed by atoms with Crippen LogP contribution in [0.2, 0.25) is 0 Å². The third kappa shape index (κ3) is 2.08. The lowest BCUT2D eigenvalue weighted by molar-refractivity contribution is 0.748. The first-order valence-corrected chi connectivity index (χ1v) is 6.29. The molecule has 0 saturated carbocycles. The number of hydrogen-bond acceptors (Lipinski definition) is 5. The van der Waals surface area contributed by atoms with Gasteiger partial charge in [0.2, 0.25) is 0 Å². The second-order valence-corrected chi connectivity index (χ2v) is 4.24. The monoisotopic (exact) mass is 278 g/mol. The van der Waals surface area contributed by atoms with Gasteiger partial charge in [0.25, 0.3) is 5.95 Å². The highest BCUT2D eigenvalue weighted by molar-refractivity contribution is 5.35. The molecule has 0 spiro atoms. The van der Waals surface area contributed by atoms with Crippen molar-refractivity contribution in [1.29, 1.82) is 0 Å². The van der Waals surface area contributed by atoms with Gasteiger partial charge < -0.3 is 0 Å². The topological polar surface area (TPSA) is 79.2 Å². The molecule has 0 aromatic carbocycles. The van der Waals surface area contributed by atoms with Gasteiger partial charge in [0.05, 0.1) is 0 Å². The maximum atomic E-state index is 4.48. The van der Waals surface area contributed by atoms with Crippen LogP contribution >= 0.6 is 0 Å². The highest BCUT2D eigenvalue weighted by Crippen LogP contribution is 2.11. The molecule has 0 bridgehead atoms. The lowest BCUT2D eigenvalue weighted by Gasteiger charge is -2.08. The SMILES string of the molecule is c1cnn(-c2cc(-n3cccn3)nc(-n3cccn3)n2)c1. The third-order valence-corrected chi connectivity index (χ3v) is 2.87. The Morgan fingerprint density at radius 1 is 0.619 bits per heavy atom. The molecule has 0 aliphatic rings. The van der Waals surface area contributed by atoms with Gasteiger partial charge >= 0.3 is 0 Å². The van der Waals surface area contributed by atoms with Crippen LogP contribution in [-0.4, -0.2) is 39.3 Å². The summed E-state index contributed by atoms with van der Waals surface area (Å²) in [5, 5.41) is 12.6. The molecular weight excluding hydrogens is 268 g/mol. The first-order chi connectivity index (χ1) is 10.4. The molecule has 0 N–H and O–H groups in total. The molecule has 8 heteroatoms. The quantitative estimate of drug-likeness (QED) is 0.559. The second-order valence-electron chi connectivity index (χ2n) is 4.24. The summed E-state index contributed by atoms with van der Waals surface area (Å²) in [7, 11) is 0. The van der Waals surface area contributed by atoms with Crippen molar-refractivity contribution in [2.24, 2.45) is 0 Å². The van der Waals surface area contributed by atoms with Gasteiger partial charge in [-0.2, -0.15) is 25.3 Å². The lowest BCUT2D eigenvalue weighted by atomic mass is 10.5. The highest BCUT2D eigenvalue weighted by atomic mass is 15.4. The molecule has 4 rings (SSSR count). The van der Waals surface area contributed by atoms with Crippen molar-refractivity contribution < 1.29 is 0 Å². The first-order valence-electron chi connectivity index (χ1n) is 6.29. The summed E-state index contributed by atoms with van der Waals surface area (Å²) in [6.07, 6.45) is 10.5. The van der Waals surface area contributed by atoms with Crippen LogP contribution in [0.1, 0.15) is 0 Å². The molecule has 0 fully saturated rings. The lowest BCUT2D eigenvalue weighted by Crippen LogP contribution is -2.10. The summed E-state index contributed by atoms with van der Waals surface area (Å²) in [5.41, 5.74) is 0. The van der Waals surface area contributed by atoms with E-state index in [4.69, 9.17) is 0 Å². The molecule has 21 heavy (non-hydrogen) atoms. The molecule has 4 aromatic heterocycles. The second kappa shape index (κ2) is 4.67. The Hall–Kier alpha value is -3.29.